The molecule has 7 heteroatoms. The number of halogens is 1. The van der Waals surface area contributed by atoms with Gasteiger partial charge in [0.2, 0.25) is 11.8 Å². The Morgan fingerprint density at radius 2 is 2.43 bits per heavy atom. The molecule has 14 heavy (non-hydrogen) atoms. The van der Waals surface area contributed by atoms with E-state index in [2.05, 4.69) is 31.3 Å². The second-order valence-corrected chi connectivity index (χ2v) is 3.62. The molecule has 0 aromatic carbocycles. The van der Waals surface area contributed by atoms with E-state index in [1.165, 1.54) is 0 Å². The van der Waals surface area contributed by atoms with Crippen molar-refractivity contribution in [1.82, 2.24) is 9.97 Å². The summed E-state index contributed by atoms with van der Waals surface area (Å²) in [6, 6.07) is 0. The van der Waals surface area contributed by atoms with Crippen molar-refractivity contribution in [3.05, 3.63) is 10.7 Å². The van der Waals surface area contributed by atoms with Crippen LogP contribution in [0.1, 0.15) is 0 Å². The standard InChI is InChI=1S/C7H9BrN4O2/c8-5-1-10-7(12-9)11-6(5)14-4-2-13-3-4/h1,4H,2-3,9H2,(H,10,11,12). The maximum Gasteiger partial charge on any atom is 0.240 e. The fourth-order valence-electron chi connectivity index (χ4n) is 0.944. The number of hydrogen-bond acceptors (Lipinski definition) is 6. The van der Waals surface area contributed by atoms with Crippen LogP contribution < -0.4 is 16.0 Å². The third kappa shape index (κ3) is 1.94. The van der Waals surface area contributed by atoms with E-state index in [1.54, 1.807) is 6.20 Å². The van der Waals surface area contributed by atoms with E-state index in [4.69, 9.17) is 15.3 Å². The van der Waals surface area contributed by atoms with Gasteiger partial charge >= 0.3 is 0 Å². The lowest BCUT2D eigenvalue weighted by Gasteiger charge is -2.26. The highest BCUT2D eigenvalue weighted by atomic mass is 79.9. The molecule has 0 radical (unpaired) electrons. The van der Waals surface area contributed by atoms with Crippen LogP contribution in [0.25, 0.3) is 0 Å². The van der Waals surface area contributed by atoms with Gasteiger partial charge in [-0.3, -0.25) is 5.43 Å². The van der Waals surface area contributed by atoms with Crippen LogP contribution in [0.15, 0.2) is 10.7 Å². The first-order chi connectivity index (χ1) is 6.79. The lowest BCUT2D eigenvalue weighted by molar-refractivity contribution is -0.0816. The van der Waals surface area contributed by atoms with Crippen LogP contribution in [0.3, 0.4) is 0 Å². The van der Waals surface area contributed by atoms with Gasteiger partial charge < -0.3 is 9.47 Å². The van der Waals surface area contributed by atoms with Crippen molar-refractivity contribution in [2.24, 2.45) is 5.84 Å². The van der Waals surface area contributed by atoms with Crippen LogP contribution in [-0.4, -0.2) is 29.3 Å². The van der Waals surface area contributed by atoms with Gasteiger partial charge in [0.05, 0.1) is 23.9 Å². The number of nitrogen functional groups attached to an aromatic ring is 1. The fourth-order valence-corrected chi connectivity index (χ4v) is 1.23. The number of anilines is 1. The van der Waals surface area contributed by atoms with E-state index >= 15 is 0 Å². The van der Waals surface area contributed by atoms with Gasteiger partial charge in [0.15, 0.2) is 0 Å². The Morgan fingerprint density at radius 3 is 3.00 bits per heavy atom. The van der Waals surface area contributed by atoms with E-state index in [-0.39, 0.29) is 6.10 Å². The second kappa shape index (κ2) is 4.07. The Morgan fingerprint density at radius 1 is 1.64 bits per heavy atom. The maximum absolute atomic E-state index is 5.51. The van der Waals surface area contributed by atoms with Gasteiger partial charge in [-0.25, -0.2) is 10.8 Å². The van der Waals surface area contributed by atoms with Crippen LogP contribution in [0.2, 0.25) is 0 Å². The van der Waals surface area contributed by atoms with Crippen LogP contribution >= 0.6 is 15.9 Å². The SMILES string of the molecule is NNc1ncc(Br)c(OC2COC2)n1. The lowest BCUT2D eigenvalue weighted by Crippen LogP contribution is -2.38. The maximum atomic E-state index is 5.51. The molecule has 2 rings (SSSR count). The van der Waals surface area contributed by atoms with Gasteiger partial charge in [-0.15, -0.1) is 0 Å². The quantitative estimate of drug-likeness (QED) is 0.601. The Hall–Kier alpha value is -0.920. The summed E-state index contributed by atoms with van der Waals surface area (Å²) >= 11 is 3.28. The van der Waals surface area contributed by atoms with Crippen molar-refractivity contribution < 1.29 is 9.47 Å². The molecule has 0 bridgehead atoms. The summed E-state index contributed by atoms with van der Waals surface area (Å²) in [5, 5.41) is 0. The average Bonchev–Trinajstić information content (AvgIpc) is 2.14. The van der Waals surface area contributed by atoms with E-state index < -0.39 is 0 Å². The normalized spacial score (nSPS) is 16.1. The number of ether oxygens (including phenoxy) is 2. The predicted molar refractivity (Wildman–Crippen MR) is 52.8 cm³/mol. The molecule has 0 amide bonds. The summed E-state index contributed by atoms with van der Waals surface area (Å²) in [6.07, 6.45) is 1.66. The molecular weight excluding hydrogens is 252 g/mol. The second-order valence-electron chi connectivity index (χ2n) is 2.77. The van der Waals surface area contributed by atoms with E-state index in [9.17, 15) is 0 Å². The van der Waals surface area contributed by atoms with Crippen molar-refractivity contribution in [1.29, 1.82) is 0 Å². The van der Waals surface area contributed by atoms with Crippen LogP contribution in [0.4, 0.5) is 5.95 Å². The Balaban J connectivity index is 2.13. The molecule has 1 aromatic rings. The molecule has 0 spiro atoms. The molecule has 3 N–H and O–H groups in total. The molecule has 2 heterocycles. The Kier molecular flexibility index (Phi) is 2.80. The highest BCUT2D eigenvalue weighted by Crippen LogP contribution is 2.24. The average molecular weight is 261 g/mol. The molecule has 76 valence electrons. The Bertz CT molecular complexity index is 331. The first-order valence-electron chi connectivity index (χ1n) is 4.03. The van der Waals surface area contributed by atoms with E-state index in [0.29, 0.717) is 29.5 Å². The number of aromatic nitrogens is 2. The summed E-state index contributed by atoms with van der Waals surface area (Å²) in [6.45, 7) is 1.20. The first kappa shape index (κ1) is 9.63. The number of hydrazine groups is 1. The summed E-state index contributed by atoms with van der Waals surface area (Å²) in [4.78, 5) is 7.94. The monoisotopic (exact) mass is 260 g/mol. The number of nitrogens with two attached hydrogens (primary N) is 1. The number of hydrogen-bond donors (Lipinski definition) is 2. The first-order valence-corrected chi connectivity index (χ1v) is 4.82. The van der Waals surface area contributed by atoms with Crippen LogP contribution in [0, 0.1) is 0 Å². The van der Waals surface area contributed by atoms with Gasteiger partial charge in [-0.05, 0) is 15.9 Å². The largest absolute Gasteiger partial charge is 0.468 e. The van der Waals surface area contributed by atoms with Crippen molar-refractivity contribution >= 4 is 21.9 Å². The molecule has 1 aliphatic rings. The van der Waals surface area contributed by atoms with Crippen molar-refractivity contribution in [3.63, 3.8) is 0 Å². The zero-order valence-electron chi connectivity index (χ0n) is 7.24. The molecule has 0 atom stereocenters. The molecule has 1 fully saturated rings. The predicted octanol–water partition coefficient (Wildman–Crippen LogP) is 0.302. The van der Waals surface area contributed by atoms with E-state index in [1.807, 2.05) is 0 Å². The lowest BCUT2D eigenvalue weighted by atomic mass is 10.3. The third-order valence-corrected chi connectivity index (χ3v) is 2.27. The number of rotatable bonds is 3. The molecular formula is C7H9BrN4O2. The zero-order chi connectivity index (χ0) is 9.97. The smallest absolute Gasteiger partial charge is 0.240 e. The van der Waals surface area contributed by atoms with Crippen molar-refractivity contribution in [2.75, 3.05) is 18.6 Å². The van der Waals surface area contributed by atoms with Gasteiger partial charge in [-0.1, -0.05) is 0 Å². The minimum absolute atomic E-state index is 0.0758. The molecule has 0 aliphatic carbocycles. The minimum atomic E-state index is 0.0758. The zero-order valence-corrected chi connectivity index (χ0v) is 8.82. The molecule has 1 aliphatic heterocycles. The number of nitrogens with one attached hydrogen (secondary N) is 1. The van der Waals surface area contributed by atoms with Gasteiger partial charge in [0, 0.05) is 0 Å². The minimum Gasteiger partial charge on any atom is -0.468 e. The topological polar surface area (TPSA) is 82.3 Å². The summed E-state index contributed by atoms with van der Waals surface area (Å²) in [5.41, 5.74) is 2.35. The molecule has 6 nitrogen and oxygen atoms in total. The van der Waals surface area contributed by atoms with Crippen LogP contribution in [0.5, 0.6) is 5.88 Å². The summed E-state index contributed by atoms with van der Waals surface area (Å²) < 4.78 is 11.2. The molecule has 0 saturated carbocycles. The molecule has 1 saturated heterocycles. The van der Waals surface area contributed by atoms with Crippen molar-refractivity contribution in [3.8, 4) is 5.88 Å². The van der Waals surface area contributed by atoms with Crippen molar-refractivity contribution in [2.45, 2.75) is 6.10 Å². The number of nitrogens with zero attached hydrogens (tertiary/aromatic N) is 2. The third-order valence-electron chi connectivity index (χ3n) is 1.73. The van der Waals surface area contributed by atoms with Gasteiger partial charge in [0.1, 0.15) is 6.10 Å². The van der Waals surface area contributed by atoms with Crippen LogP contribution in [-0.2, 0) is 4.74 Å². The fraction of sp³-hybridized carbons (Fsp3) is 0.429. The molecule has 0 unspecified atom stereocenters. The van der Waals surface area contributed by atoms with Gasteiger partial charge in [-0.2, -0.15) is 4.98 Å². The highest BCUT2D eigenvalue weighted by Gasteiger charge is 2.22. The summed E-state index contributed by atoms with van der Waals surface area (Å²) in [7, 11) is 0. The Labute approximate surface area is 88.9 Å². The summed E-state index contributed by atoms with van der Waals surface area (Å²) in [5.74, 6) is 5.97. The van der Waals surface area contributed by atoms with E-state index in [0.717, 1.165) is 0 Å². The molecule has 1 aromatic heterocycles. The highest BCUT2D eigenvalue weighted by molar-refractivity contribution is 9.10. The van der Waals surface area contributed by atoms with Gasteiger partial charge in [0.25, 0.3) is 0 Å².